The van der Waals surface area contributed by atoms with Crippen molar-refractivity contribution in [1.29, 1.82) is 0 Å². The zero-order valence-corrected chi connectivity index (χ0v) is 9.90. The minimum absolute atomic E-state index is 0.0196. The van der Waals surface area contributed by atoms with Gasteiger partial charge in [-0.25, -0.2) is 0 Å². The second kappa shape index (κ2) is 3.78. The zero-order chi connectivity index (χ0) is 12.0. The van der Waals surface area contributed by atoms with Crippen LogP contribution in [0.1, 0.15) is 19.8 Å². The lowest BCUT2D eigenvalue weighted by molar-refractivity contribution is -0.145. The minimum atomic E-state index is -0.265. The zero-order valence-electron chi connectivity index (χ0n) is 9.90. The second-order valence-corrected chi connectivity index (χ2v) is 5.21. The minimum Gasteiger partial charge on any atom is -0.466 e. The van der Waals surface area contributed by atoms with Crippen LogP contribution in [-0.2, 0) is 19.1 Å². The van der Waals surface area contributed by atoms with E-state index in [0.717, 1.165) is 6.42 Å². The van der Waals surface area contributed by atoms with Crippen molar-refractivity contribution in [2.24, 2.45) is 11.3 Å². The molecule has 0 aromatic heterocycles. The van der Waals surface area contributed by atoms with Gasteiger partial charge in [-0.15, -0.1) is 0 Å². The number of nitrogens with one attached hydrogen (secondary N) is 1. The number of hydrogen-bond donors (Lipinski definition) is 1. The van der Waals surface area contributed by atoms with Gasteiger partial charge in [0.15, 0.2) is 5.78 Å². The molecule has 2 aliphatic heterocycles. The lowest BCUT2D eigenvalue weighted by Gasteiger charge is -2.46. The van der Waals surface area contributed by atoms with E-state index >= 15 is 0 Å². The Hall–Kier alpha value is -0.940. The van der Waals surface area contributed by atoms with Gasteiger partial charge in [-0.1, -0.05) is 0 Å². The SMILES string of the molecule is CCOC(=O)CC1CC23COCC2NC3C1=O. The van der Waals surface area contributed by atoms with E-state index in [1.54, 1.807) is 6.92 Å². The first-order valence-corrected chi connectivity index (χ1v) is 6.20. The van der Waals surface area contributed by atoms with Gasteiger partial charge in [0, 0.05) is 17.4 Å². The molecular formula is C12H17NO4. The third kappa shape index (κ3) is 1.45. The lowest BCUT2D eigenvalue weighted by Crippen LogP contribution is -2.68. The van der Waals surface area contributed by atoms with Crippen LogP contribution in [-0.4, -0.2) is 43.7 Å². The lowest BCUT2D eigenvalue weighted by atomic mass is 9.70. The van der Waals surface area contributed by atoms with Crippen LogP contribution in [0.3, 0.4) is 0 Å². The van der Waals surface area contributed by atoms with Crippen LogP contribution in [0.4, 0.5) is 0 Å². The highest BCUT2D eigenvalue weighted by molar-refractivity contribution is 5.94. The molecule has 3 fully saturated rings. The molecule has 0 aromatic rings. The highest BCUT2D eigenvalue weighted by atomic mass is 16.5. The summed E-state index contributed by atoms with van der Waals surface area (Å²) in [4.78, 5) is 23.6. The predicted octanol–water partition coefficient (Wildman–Crippen LogP) is -0.114. The van der Waals surface area contributed by atoms with Crippen LogP contribution in [0.15, 0.2) is 0 Å². The van der Waals surface area contributed by atoms with Gasteiger partial charge in [0.05, 0.1) is 32.3 Å². The quantitative estimate of drug-likeness (QED) is 0.696. The van der Waals surface area contributed by atoms with Crippen LogP contribution >= 0.6 is 0 Å². The van der Waals surface area contributed by atoms with Crippen LogP contribution in [0.5, 0.6) is 0 Å². The number of rotatable bonds is 3. The van der Waals surface area contributed by atoms with E-state index in [2.05, 4.69) is 5.32 Å². The van der Waals surface area contributed by atoms with Gasteiger partial charge in [-0.3, -0.25) is 9.59 Å². The van der Waals surface area contributed by atoms with E-state index in [4.69, 9.17) is 9.47 Å². The summed E-state index contributed by atoms with van der Waals surface area (Å²) in [6.45, 7) is 3.49. The molecule has 5 nitrogen and oxygen atoms in total. The number of Topliss-reactive ketones (excluding diaryl/α,β-unsaturated/α-hetero) is 1. The van der Waals surface area contributed by atoms with E-state index in [9.17, 15) is 9.59 Å². The maximum Gasteiger partial charge on any atom is 0.306 e. The molecule has 1 saturated carbocycles. The van der Waals surface area contributed by atoms with E-state index < -0.39 is 0 Å². The fourth-order valence-corrected chi connectivity index (χ4v) is 3.48. The van der Waals surface area contributed by atoms with Crippen molar-refractivity contribution in [2.45, 2.75) is 31.8 Å². The molecule has 3 aliphatic rings. The van der Waals surface area contributed by atoms with Crippen LogP contribution in [0, 0.1) is 11.3 Å². The average Bonchev–Trinajstić information content (AvgIpc) is 2.66. The molecule has 17 heavy (non-hydrogen) atoms. The van der Waals surface area contributed by atoms with Crippen molar-refractivity contribution in [3.8, 4) is 0 Å². The molecule has 1 spiro atoms. The monoisotopic (exact) mass is 239 g/mol. The van der Waals surface area contributed by atoms with Crippen LogP contribution in [0.2, 0.25) is 0 Å². The maximum atomic E-state index is 12.1. The molecule has 2 heterocycles. The van der Waals surface area contributed by atoms with Gasteiger partial charge in [0.2, 0.25) is 0 Å². The van der Waals surface area contributed by atoms with Gasteiger partial charge in [0.25, 0.3) is 0 Å². The molecule has 0 amide bonds. The average molecular weight is 239 g/mol. The van der Waals surface area contributed by atoms with E-state index in [-0.39, 0.29) is 35.5 Å². The summed E-state index contributed by atoms with van der Waals surface area (Å²) in [5, 5.41) is 3.25. The summed E-state index contributed by atoms with van der Waals surface area (Å²) in [6.07, 6.45) is 0.992. The summed E-state index contributed by atoms with van der Waals surface area (Å²) in [6, 6.07) is 0.220. The third-order valence-corrected chi connectivity index (χ3v) is 4.32. The normalized spacial score (nSPS) is 42.9. The molecule has 0 aromatic carbocycles. The Kier molecular flexibility index (Phi) is 2.48. The van der Waals surface area contributed by atoms with Crippen molar-refractivity contribution >= 4 is 11.8 Å². The second-order valence-electron chi connectivity index (χ2n) is 5.21. The van der Waals surface area contributed by atoms with Crippen molar-refractivity contribution in [2.75, 3.05) is 19.8 Å². The Morgan fingerprint density at radius 1 is 1.65 bits per heavy atom. The van der Waals surface area contributed by atoms with Crippen molar-refractivity contribution in [1.82, 2.24) is 5.32 Å². The molecule has 4 atom stereocenters. The summed E-state index contributed by atoms with van der Waals surface area (Å²) in [5.41, 5.74) is -0.0196. The highest BCUT2D eigenvalue weighted by Crippen LogP contribution is 2.52. The molecule has 1 N–H and O–H groups in total. The van der Waals surface area contributed by atoms with Gasteiger partial charge in [0.1, 0.15) is 0 Å². The Balaban J connectivity index is 1.69. The van der Waals surface area contributed by atoms with Gasteiger partial charge >= 0.3 is 5.97 Å². The van der Waals surface area contributed by atoms with Crippen molar-refractivity contribution in [3.05, 3.63) is 0 Å². The Morgan fingerprint density at radius 3 is 3.18 bits per heavy atom. The standard InChI is InChI=1S/C12H17NO4/c1-2-17-9(14)3-7-4-12-6-16-5-8(12)13-11(12)10(7)15/h7-8,11,13H,2-6H2,1H3. The molecule has 0 radical (unpaired) electrons. The summed E-state index contributed by atoms with van der Waals surface area (Å²) in [7, 11) is 0. The Labute approximate surface area is 99.8 Å². The topological polar surface area (TPSA) is 64.6 Å². The summed E-state index contributed by atoms with van der Waals surface area (Å²) < 4.78 is 10.4. The molecule has 3 rings (SSSR count). The first-order chi connectivity index (χ1) is 8.17. The van der Waals surface area contributed by atoms with E-state index in [1.165, 1.54) is 0 Å². The molecule has 0 bridgehead atoms. The maximum absolute atomic E-state index is 12.1. The fraction of sp³-hybridized carbons (Fsp3) is 0.833. The number of carbonyl (C=O) groups is 2. The number of carbonyl (C=O) groups excluding carboxylic acids is 2. The van der Waals surface area contributed by atoms with Gasteiger partial charge in [-0.05, 0) is 13.3 Å². The summed E-state index contributed by atoms with van der Waals surface area (Å²) >= 11 is 0. The molecule has 1 aliphatic carbocycles. The molecular weight excluding hydrogens is 222 g/mol. The third-order valence-electron chi connectivity index (χ3n) is 4.32. The van der Waals surface area contributed by atoms with Crippen molar-refractivity contribution in [3.63, 3.8) is 0 Å². The Bertz CT molecular complexity index is 370. The first-order valence-electron chi connectivity index (χ1n) is 6.20. The fourth-order valence-electron chi connectivity index (χ4n) is 3.48. The summed E-state index contributed by atoms with van der Waals surface area (Å²) in [5.74, 6) is -0.280. The highest BCUT2D eigenvalue weighted by Gasteiger charge is 2.66. The smallest absolute Gasteiger partial charge is 0.306 e. The molecule has 4 unspecified atom stereocenters. The number of esters is 1. The largest absolute Gasteiger partial charge is 0.466 e. The van der Waals surface area contributed by atoms with Crippen LogP contribution in [0.25, 0.3) is 0 Å². The predicted molar refractivity (Wildman–Crippen MR) is 58.3 cm³/mol. The van der Waals surface area contributed by atoms with Crippen LogP contribution < -0.4 is 5.32 Å². The Morgan fingerprint density at radius 2 is 2.47 bits per heavy atom. The number of ketones is 1. The first kappa shape index (κ1) is 11.2. The molecule has 2 saturated heterocycles. The molecule has 94 valence electrons. The van der Waals surface area contributed by atoms with E-state index in [1.807, 2.05) is 0 Å². The molecule has 5 heteroatoms. The van der Waals surface area contributed by atoms with Gasteiger partial charge < -0.3 is 14.8 Å². The number of hydrogen-bond acceptors (Lipinski definition) is 5. The van der Waals surface area contributed by atoms with Crippen molar-refractivity contribution < 1.29 is 19.1 Å². The van der Waals surface area contributed by atoms with Gasteiger partial charge in [-0.2, -0.15) is 0 Å². The number of ether oxygens (including phenoxy) is 2. The van der Waals surface area contributed by atoms with E-state index in [0.29, 0.717) is 25.9 Å².